The van der Waals surface area contributed by atoms with E-state index in [-0.39, 0.29) is 0 Å². The maximum absolute atomic E-state index is 5.64. The van der Waals surface area contributed by atoms with Crippen molar-refractivity contribution in [1.29, 1.82) is 0 Å². The zero-order valence-electron chi connectivity index (χ0n) is 10.7. The van der Waals surface area contributed by atoms with E-state index in [2.05, 4.69) is 24.1 Å². The summed E-state index contributed by atoms with van der Waals surface area (Å²) < 4.78 is 5.64. The zero-order chi connectivity index (χ0) is 11.4. The number of hydrogen-bond donors (Lipinski definition) is 1. The molecule has 0 aromatic heterocycles. The molecule has 2 rings (SSSR count). The van der Waals surface area contributed by atoms with Gasteiger partial charge in [0.25, 0.3) is 0 Å². The largest absolute Gasteiger partial charge is 0.378 e. The molecule has 1 heterocycles. The van der Waals surface area contributed by atoms with Crippen LogP contribution < -0.4 is 5.32 Å². The van der Waals surface area contributed by atoms with E-state index in [1.54, 1.807) is 0 Å². The fourth-order valence-corrected chi connectivity index (χ4v) is 2.84. The lowest BCUT2D eigenvalue weighted by atomic mass is 9.87. The third-order valence-corrected chi connectivity index (χ3v) is 3.99. The second-order valence-corrected chi connectivity index (χ2v) is 5.11. The van der Waals surface area contributed by atoms with Gasteiger partial charge in [-0.05, 0) is 45.7 Å². The monoisotopic (exact) mass is 226 g/mol. The molecule has 0 aromatic rings. The Bertz CT molecular complexity index is 204. The van der Waals surface area contributed by atoms with Gasteiger partial charge in [-0.15, -0.1) is 0 Å². The molecule has 2 aliphatic rings. The van der Waals surface area contributed by atoms with Crippen molar-refractivity contribution in [2.75, 3.05) is 26.2 Å². The molecule has 0 bridgehead atoms. The Labute approximate surface area is 99.5 Å². The molecule has 1 unspecified atom stereocenters. The summed E-state index contributed by atoms with van der Waals surface area (Å²) in [5.41, 5.74) is 0. The van der Waals surface area contributed by atoms with Gasteiger partial charge in [0.05, 0.1) is 6.10 Å². The summed E-state index contributed by atoms with van der Waals surface area (Å²) in [5, 5.41) is 3.63. The van der Waals surface area contributed by atoms with Gasteiger partial charge in [-0.25, -0.2) is 0 Å². The second kappa shape index (κ2) is 5.99. The molecule has 16 heavy (non-hydrogen) atoms. The predicted octanol–water partition coefficient (Wildman–Crippen LogP) is 1.63. The van der Waals surface area contributed by atoms with Gasteiger partial charge in [-0.2, -0.15) is 0 Å². The first-order chi connectivity index (χ1) is 7.83. The molecule has 0 spiro atoms. The van der Waals surface area contributed by atoms with E-state index in [1.165, 1.54) is 45.3 Å². The van der Waals surface area contributed by atoms with Crippen LogP contribution in [0.1, 0.15) is 39.5 Å². The highest BCUT2D eigenvalue weighted by Crippen LogP contribution is 2.29. The van der Waals surface area contributed by atoms with Crippen LogP contribution in [-0.2, 0) is 4.74 Å². The van der Waals surface area contributed by atoms with Crippen molar-refractivity contribution in [2.45, 2.75) is 57.7 Å². The van der Waals surface area contributed by atoms with Gasteiger partial charge in [-0.3, -0.25) is 4.90 Å². The third kappa shape index (κ3) is 2.96. The number of ether oxygens (including phenoxy) is 1. The first-order valence-corrected chi connectivity index (χ1v) is 6.92. The van der Waals surface area contributed by atoms with E-state index in [0.717, 1.165) is 12.6 Å². The van der Waals surface area contributed by atoms with Crippen molar-refractivity contribution in [3.63, 3.8) is 0 Å². The Balaban J connectivity index is 1.76. The number of nitrogens with zero attached hydrogens (tertiary/aromatic N) is 1. The summed E-state index contributed by atoms with van der Waals surface area (Å²) in [6.07, 6.45) is 5.60. The van der Waals surface area contributed by atoms with Crippen molar-refractivity contribution in [3.8, 4) is 0 Å². The number of rotatable bonds is 4. The van der Waals surface area contributed by atoms with Gasteiger partial charge in [0.15, 0.2) is 0 Å². The quantitative estimate of drug-likeness (QED) is 0.788. The molecule has 0 amide bonds. The van der Waals surface area contributed by atoms with E-state index < -0.39 is 0 Å². The highest BCUT2D eigenvalue weighted by molar-refractivity contribution is 4.90. The van der Waals surface area contributed by atoms with Crippen LogP contribution in [0.15, 0.2) is 0 Å². The van der Waals surface area contributed by atoms with E-state index in [9.17, 15) is 0 Å². The van der Waals surface area contributed by atoms with Crippen LogP contribution in [0.3, 0.4) is 0 Å². The van der Waals surface area contributed by atoms with Crippen LogP contribution in [0, 0.1) is 0 Å². The number of nitrogens with one attached hydrogen (secondary N) is 1. The lowest BCUT2D eigenvalue weighted by Crippen LogP contribution is -2.50. The minimum absolute atomic E-state index is 0.547. The van der Waals surface area contributed by atoms with Crippen molar-refractivity contribution < 1.29 is 4.74 Å². The average Bonchev–Trinajstić information content (AvgIpc) is 2.47. The fraction of sp³-hybridized carbons (Fsp3) is 1.00. The molecular weight excluding hydrogens is 200 g/mol. The molecule has 0 aromatic carbocycles. The summed E-state index contributed by atoms with van der Waals surface area (Å²) in [6.45, 7) is 8.95. The molecular formula is C13H26N2O. The van der Waals surface area contributed by atoms with Crippen molar-refractivity contribution in [3.05, 3.63) is 0 Å². The summed E-state index contributed by atoms with van der Waals surface area (Å²) in [5.74, 6) is 0. The van der Waals surface area contributed by atoms with Crippen molar-refractivity contribution in [2.24, 2.45) is 0 Å². The van der Waals surface area contributed by atoms with Gasteiger partial charge in [0, 0.05) is 25.2 Å². The summed E-state index contributed by atoms with van der Waals surface area (Å²) in [4.78, 5) is 2.68. The van der Waals surface area contributed by atoms with Crippen LogP contribution in [0.4, 0.5) is 0 Å². The van der Waals surface area contributed by atoms with Crippen LogP contribution in [0.5, 0.6) is 0 Å². The van der Waals surface area contributed by atoms with Crippen molar-refractivity contribution in [1.82, 2.24) is 10.2 Å². The fourth-order valence-electron chi connectivity index (χ4n) is 2.84. The maximum atomic E-state index is 5.64. The highest BCUT2D eigenvalue weighted by Gasteiger charge is 2.35. The Kier molecular flexibility index (Phi) is 4.62. The Morgan fingerprint density at radius 1 is 1.31 bits per heavy atom. The molecule has 1 atom stereocenters. The lowest BCUT2D eigenvalue weighted by Gasteiger charge is -2.43. The molecule has 0 radical (unpaired) electrons. The molecule has 1 saturated heterocycles. The lowest BCUT2D eigenvalue weighted by molar-refractivity contribution is -0.0466. The van der Waals surface area contributed by atoms with Gasteiger partial charge in [0.1, 0.15) is 0 Å². The minimum atomic E-state index is 0.547. The first kappa shape index (κ1) is 12.3. The smallest absolute Gasteiger partial charge is 0.0604 e. The van der Waals surface area contributed by atoms with Gasteiger partial charge < -0.3 is 10.1 Å². The Morgan fingerprint density at radius 3 is 2.81 bits per heavy atom. The topological polar surface area (TPSA) is 24.5 Å². The first-order valence-electron chi connectivity index (χ1n) is 6.92. The van der Waals surface area contributed by atoms with Gasteiger partial charge in [-0.1, -0.05) is 6.92 Å². The molecule has 1 saturated carbocycles. The summed E-state index contributed by atoms with van der Waals surface area (Å²) >= 11 is 0. The van der Waals surface area contributed by atoms with E-state index in [1.807, 2.05) is 0 Å². The second-order valence-electron chi connectivity index (χ2n) is 5.11. The summed E-state index contributed by atoms with van der Waals surface area (Å²) in [7, 11) is 0. The average molecular weight is 226 g/mol. The molecule has 3 heteroatoms. The highest BCUT2D eigenvalue weighted by atomic mass is 16.5. The molecule has 1 N–H and O–H groups in total. The molecule has 1 aliphatic heterocycles. The van der Waals surface area contributed by atoms with Gasteiger partial charge >= 0.3 is 0 Å². The Morgan fingerprint density at radius 2 is 2.12 bits per heavy atom. The maximum Gasteiger partial charge on any atom is 0.0604 e. The molecule has 94 valence electrons. The van der Waals surface area contributed by atoms with E-state index >= 15 is 0 Å². The zero-order valence-corrected chi connectivity index (χ0v) is 10.7. The minimum Gasteiger partial charge on any atom is -0.378 e. The molecule has 3 nitrogen and oxygen atoms in total. The van der Waals surface area contributed by atoms with E-state index in [4.69, 9.17) is 4.74 Å². The predicted molar refractivity (Wildman–Crippen MR) is 66.7 cm³/mol. The number of hydrogen-bond acceptors (Lipinski definition) is 3. The van der Waals surface area contributed by atoms with Crippen LogP contribution in [0.25, 0.3) is 0 Å². The van der Waals surface area contributed by atoms with Crippen LogP contribution in [-0.4, -0.2) is 49.3 Å². The van der Waals surface area contributed by atoms with Crippen LogP contribution in [0.2, 0.25) is 0 Å². The van der Waals surface area contributed by atoms with Crippen molar-refractivity contribution >= 4 is 0 Å². The molecule has 2 fully saturated rings. The normalized spacial score (nSPS) is 36.8. The van der Waals surface area contributed by atoms with Crippen LogP contribution >= 0.6 is 0 Å². The third-order valence-electron chi connectivity index (χ3n) is 3.99. The standard InChI is InChI=1S/C13H26N2O/c1-3-11-10-15(7-5-6-14-11)12-8-13(9-12)16-4-2/h11-14H,3-10H2,1-2H3. The molecule has 1 aliphatic carbocycles. The summed E-state index contributed by atoms with van der Waals surface area (Å²) in [6, 6.07) is 1.50. The Hall–Kier alpha value is -0.120. The SMILES string of the molecule is CCOC1CC(N2CCCNC(CC)C2)C1. The van der Waals surface area contributed by atoms with E-state index in [0.29, 0.717) is 12.1 Å². The van der Waals surface area contributed by atoms with Gasteiger partial charge in [0.2, 0.25) is 0 Å².